The first kappa shape index (κ1) is 42.8. The molecule has 298 valence electrons. The zero-order chi connectivity index (χ0) is 38.4. The van der Waals surface area contributed by atoms with Gasteiger partial charge >= 0.3 is 5.97 Å². The van der Waals surface area contributed by atoms with Crippen molar-refractivity contribution in [2.45, 2.75) is 191 Å². The van der Waals surface area contributed by atoms with Crippen LogP contribution in [0.5, 0.6) is 0 Å². The zero-order valence-corrected chi connectivity index (χ0v) is 33.6. The van der Waals surface area contributed by atoms with E-state index in [0.717, 1.165) is 0 Å². The van der Waals surface area contributed by atoms with E-state index in [1.165, 1.54) is 0 Å². The van der Waals surface area contributed by atoms with Gasteiger partial charge in [0.25, 0.3) is 0 Å². The minimum Gasteiger partial charge on any atom is -0.459 e. The molecule has 51 heavy (non-hydrogen) atoms. The van der Waals surface area contributed by atoms with Crippen LogP contribution in [0.1, 0.15) is 101 Å². The molecule has 5 aliphatic rings. The van der Waals surface area contributed by atoms with Crippen molar-refractivity contribution in [3.05, 3.63) is 0 Å². The molecule has 18 atom stereocenters. The Morgan fingerprint density at radius 2 is 1.51 bits per heavy atom. The number of hydrogen-bond donors (Lipinski definition) is 3. The Bertz CT molecular complexity index is 1180. The lowest BCUT2D eigenvalue weighted by Crippen LogP contribution is -2.75. The number of esters is 1. The second-order valence-electron chi connectivity index (χ2n) is 17.2. The Labute approximate surface area is 305 Å². The first-order valence-corrected chi connectivity index (χ1v) is 18.9. The largest absolute Gasteiger partial charge is 0.459 e. The Hall–Kier alpha value is -0.970. The summed E-state index contributed by atoms with van der Waals surface area (Å²) in [5.41, 5.74) is -3.92. The number of hydrogen-bond acceptors (Lipinski definition) is 13. The quantitative estimate of drug-likeness (QED) is 0.313. The summed E-state index contributed by atoms with van der Waals surface area (Å²) in [6, 6.07) is -0.214. The molecule has 0 unspecified atom stereocenters. The first-order chi connectivity index (χ1) is 23.6. The first-order valence-electron chi connectivity index (χ1n) is 18.9. The molecule has 0 aromatic heterocycles. The maximum atomic E-state index is 14.2. The van der Waals surface area contributed by atoms with E-state index in [1.54, 1.807) is 35.0 Å². The Kier molecular flexibility index (Phi) is 13.4. The van der Waals surface area contributed by atoms with E-state index in [0.29, 0.717) is 25.7 Å². The summed E-state index contributed by atoms with van der Waals surface area (Å²) in [6.45, 7) is 18.9. The zero-order valence-electron chi connectivity index (χ0n) is 33.6. The summed E-state index contributed by atoms with van der Waals surface area (Å²) >= 11 is 0. The maximum Gasteiger partial charge on any atom is 0.311 e. The van der Waals surface area contributed by atoms with Crippen molar-refractivity contribution in [1.29, 1.82) is 0 Å². The van der Waals surface area contributed by atoms with E-state index < -0.39 is 95.5 Å². The Morgan fingerprint density at radius 1 is 0.882 bits per heavy atom. The summed E-state index contributed by atoms with van der Waals surface area (Å²) in [5, 5.41) is 34.2. The number of nitrogens with zero attached hydrogens (tertiary/aromatic N) is 1. The van der Waals surface area contributed by atoms with Gasteiger partial charge in [-0.3, -0.25) is 4.79 Å². The summed E-state index contributed by atoms with van der Waals surface area (Å²) in [4.78, 5) is 16.2. The number of carbonyl (C=O) groups excluding carboxylic acids is 1. The normalized spacial score (nSPS) is 51.8. The molecule has 3 N–H and O–H groups in total. The highest BCUT2D eigenvalue weighted by molar-refractivity contribution is 5.73. The minimum atomic E-state index is -1.09. The van der Waals surface area contributed by atoms with Crippen LogP contribution in [-0.4, -0.2) is 144 Å². The fraction of sp³-hybridized carbons (Fsp3) is 0.974. The van der Waals surface area contributed by atoms with Crippen molar-refractivity contribution in [2.24, 2.45) is 17.8 Å². The molecule has 0 amide bonds. The van der Waals surface area contributed by atoms with E-state index in [-0.39, 0.29) is 24.5 Å². The van der Waals surface area contributed by atoms with Gasteiger partial charge < -0.3 is 58.1 Å². The van der Waals surface area contributed by atoms with Gasteiger partial charge in [0.15, 0.2) is 12.6 Å². The number of rotatable bonds is 8. The summed E-state index contributed by atoms with van der Waals surface area (Å²) in [6.07, 6.45) is -5.53. The van der Waals surface area contributed by atoms with Gasteiger partial charge in [0.1, 0.15) is 30.0 Å². The molecule has 0 aliphatic carbocycles. The van der Waals surface area contributed by atoms with Crippen LogP contribution < -0.4 is 0 Å². The number of methoxy groups -OCH3 is 2. The van der Waals surface area contributed by atoms with Gasteiger partial charge in [-0.1, -0.05) is 20.8 Å². The van der Waals surface area contributed by atoms with Crippen LogP contribution in [0.3, 0.4) is 0 Å². The number of aliphatic hydroxyl groups is 3. The molecule has 0 radical (unpaired) electrons. The molecule has 0 aromatic rings. The molecule has 0 saturated carbocycles. The SMILES string of the molecule is CC[C@@H]1OC(=O)[C@H](C)[C@H](O[C@@H]2C[C@](C)(OC)[C@H](O)[C@H](C)O2)[C@H](C)[C@H](O[C@@H]2O[C@H](C)C[C@H](N(C)C)[C@@H]2O)[C@](C)(OC)C[C@H](C)C[C@@]2(C)O[C@@]1(C)[C@@H]2O. The Morgan fingerprint density at radius 3 is 2.06 bits per heavy atom. The third-order valence-corrected chi connectivity index (χ3v) is 12.6. The average Bonchev–Trinajstić information content (AvgIpc) is 3.06. The topological polar surface area (TPSA) is 155 Å². The number of ether oxygens (including phenoxy) is 8. The highest BCUT2D eigenvalue weighted by Crippen LogP contribution is 2.50. The molecule has 13 heteroatoms. The van der Waals surface area contributed by atoms with Crippen LogP contribution in [0.4, 0.5) is 0 Å². The van der Waals surface area contributed by atoms with Crippen molar-refractivity contribution in [3.63, 3.8) is 0 Å². The minimum absolute atomic E-state index is 0.0168. The standard InChI is InChI=1S/C38H69NO12/c1-15-26-38(10)34(43)37(9,51-38)18-20(2)17-36(8,45-14)31(50-33-28(40)25(39(11)12)16-21(3)46-33)22(4)29(23(5)32(42)48-26)49-27-19-35(7,44-13)30(41)24(6)47-27/h20-31,33-34,40-41,43H,15-19H2,1-14H3/t20-,21+,22-,23+,24-,25-,26-,27+,28-,29+,30+,31-,33-,34+,35-,36+,37+,38+/m0/s1. The molecule has 2 bridgehead atoms. The van der Waals surface area contributed by atoms with Crippen LogP contribution in [0.15, 0.2) is 0 Å². The van der Waals surface area contributed by atoms with Crippen LogP contribution in [0.2, 0.25) is 0 Å². The van der Waals surface area contributed by atoms with Crippen LogP contribution in [-0.2, 0) is 42.7 Å². The van der Waals surface area contributed by atoms with Crippen molar-refractivity contribution < 1.29 is 58.0 Å². The molecule has 5 heterocycles. The predicted octanol–water partition coefficient (Wildman–Crippen LogP) is 3.42. The van der Waals surface area contributed by atoms with Gasteiger partial charge in [-0.25, -0.2) is 0 Å². The number of carbonyl (C=O) groups is 1. The van der Waals surface area contributed by atoms with E-state index in [2.05, 4.69) is 6.92 Å². The van der Waals surface area contributed by atoms with Gasteiger partial charge in [0.2, 0.25) is 0 Å². The second kappa shape index (κ2) is 16.0. The number of likely N-dealkylation sites (N-methyl/N-ethyl adjacent to an activating group) is 1. The third-order valence-electron chi connectivity index (χ3n) is 12.6. The lowest BCUT2D eigenvalue weighted by Gasteiger charge is -2.60. The van der Waals surface area contributed by atoms with E-state index >= 15 is 0 Å². The molecule has 5 aliphatic heterocycles. The molecular weight excluding hydrogens is 662 g/mol. The average molecular weight is 732 g/mol. The van der Waals surface area contributed by atoms with Gasteiger partial charge in [0.05, 0.1) is 47.1 Å². The predicted molar refractivity (Wildman–Crippen MR) is 189 cm³/mol. The monoisotopic (exact) mass is 731 g/mol. The maximum absolute atomic E-state index is 14.2. The molecule has 13 nitrogen and oxygen atoms in total. The summed E-state index contributed by atoms with van der Waals surface area (Å²) < 4.78 is 51.1. The fourth-order valence-corrected chi connectivity index (χ4v) is 9.58. The van der Waals surface area contributed by atoms with Gasteiger partial charge in [-0.05, 0) is 94.2 Å². The van der Waals surface area contributed by atoms with E-state index in [1.807, 2.05) is 60.5 Å². The van der Waals surface area contributed by atoms with Gasteiger partial charge in [-0.2, -0.15) is 0 Å². The highest BCUT2D eigenvalue weighted by Gasteiger charge is 2.64. The van der Waals surface area contributed by atoms with E-state index in [4.69, 9.17) is 37.9 Å². The smallest absolute Gasteiger partial charge is 0.311 e. The van der Waals surface area contributed by atoms with Gasteiger partial charge in [-0.15, -0.1) is 0 Å². The third kappa shape index (κ3) is 8.34. The molecule has 0 spiro atoms. The lowest BCUT2D eigenvalue weighted by atomic mass is 9.68. The van der Waals surface area contributed by atoms with Crippen molar-refractivity contribution in [3.8, 4) is 0 Å². The highest BCUT2D eigenvalue weighted by atomic mass is 16.7. The molecule has 0 aromatic carbocycles. The number of fused-ring (bicyclic) bond motifs is 10. The number of aliphatic hydroxyl groups excluding tert-OH is 3. The molecular formula is C38H69NO12. The summed E-state index contributed by atoms with van der Waals surface area (Å²) in [5.74, 6) is -1.96. The molecule has 5 fully saturated rings. The Balaban J connectivity index is 1.82. The van der Waals surface area contributed by atoms with Crippen molar-refractivity contribution in [2.75, 3.05) is 28.3 Å². The second-order valence-corrected chi connectivity index (χ2v) is 17.2. The van der Waals surface area contributed by atoms with Crippen LogP contribution in [0.25, 0.3) is 0 Å². The van der Waals surface area contributed by atoms with Crippen molar-refractivity contribution in [1.82, 2.24) is 4.90 Å². The lowest BCUT2D eigenvalue weighted by molar-refractivity contribution is -0.366. The van der Waals surface area contributed by atoms with Crippen LogP contribution in [0, 0.1) is 17.8 Å². The van der Waals surface area contributed by atoms with E-state index in [9.17, 15) is 20.1 Å². The summed E-state index contributed by atoms with van der Waals surface area (Å²) in [7, 11) is 7.02. The van der Waals surface area contributed by atoms with Crippen molar-refractivity contribution >= 4 is 5.97 Å². The van der Waals surface area contributed by atoms with Crippen LogP contribution >= 0.6 is 0 Å². The van der Waals surface area contributed by atoms with Gasteiger partial charge in [0, 0.05) is 32.6 Å². The molecule has 5 saturated heterocycles. The molecule has 5 rings (SSSR count). The fourth-order valence-electron chi connectivity index (χ4n) is 9.58.